The van der Waals surface area contributed by atoms with Gasteiger partial charge in [0.05, 0.1) is 25.8 Å². The summed E-state index contributed by atoms with van der Waals surface area (Å²) >= 11 is 1.83. The molecule has 2 N–H and O–H groups in total. The van der Waals surface area contributed by atoms with Gasteiger partial charge in [0, 0.05) is 30.6 Å². The van der Waals surface area contributed by atoms with Gasteiger partial charge in [0.1, 0.15) is 0 Å². The molecule has 2 heterocycles. The summed E-state index contributed by atoms with van der Waals surface area (Å²) < 4.78 is 5.54. The van der Waals surface area contributed by atoms with E-state index in [9.17, 15) is 0 Å². The van der Waals surface area contributed by atoms with E-state index in [1.165, 1.54) is 30.6 Å². The van der Waals surface area contributed by atoms with E-state index in [2.05, 4.69) is 46.9 Å². The van der Waals surface area contributed by atoms with E-state index >= 15 is 0 Å². The number of hydrogen-bond acceptors (Lipinski definition) is 4. The standard InChI is InChI=1S/C20H34N4OS.HI/c1-3-21-20(23-17-8-6-16(2)7-9-17)22-15-18(19-5-4-14-26-19)24-10-12-25-13-11-24;/h4-5,14,16-18H,3,6-13,15H2,1-2H3,(H2,21,22,23);1H. The fourth-order valence-electron chi connectivity index (χ4n) is 3.85. The molecule has 1 atom stereocenters. The largest absolute Gasteiger partial charge is 0.379 e. The minimum absolute atomic E-state index is 0. The maximum Gasteiger partial charge on any atom is 0.191 e. The van der Waals surface area contributed by atoms with Gasteiger partial charge in [0.15, 0.2) is 5.96 Å². The molecule has 1 saturated carbocycles. The van der Waals surface area contributed by atoms with Crippen LogP contribution in [0.5, 0.6) is 0 Å². The molecule has 3 rings (SSSR count). The molecule has 1 unspecified atom stereocenters. The van der Waals surface area contributed by atoms with Gasteiger partial charge in [-0.25, -0.2) is 0 Å². The van der Waals surface area contributed by atoms with Gasteiger partial charge in [-0.1, -0.05) is 13.0 Å². The van der Waals surface area contributed by atoms with E-state index in [-0.39, 0.29) is 24.0 Å². The Hall–Kier alpha value is -0.380. The molecular formula is C20H35IN4OS. The van der Waals surface area contributed by atoms with E-state index in [4.69, 9.17) is 9.73 Å². The van der Waals surface area contributed by atoms with Crippen LogP contribution in [0.25, 0.3) is 0 Å². The summed E-state index contributed by atoms with van der Waals surface area (Å²) in [5.41, 5.74) is 0. The molecule has 1 aliphatic carbocycles. The highest BCUT2D eigenvalue weighted by Crippen LogP contribution is 2.26. The van der Waals surface area contributed by atoms with Crippen LogP contribution in [-0.2, 0) is 4.74 Å². The van der Waals surface area contributed by atoms with Gasteiger partial charge in [-0.15, -0.1) is 35.3 Å². The van der Waals surface area contributed by atoms with Crippen LogP contribution in [0.3, 0.4) is 0 Å². The average Bonchev–Trinajstić information content (AvgIpc) is 3.19. The molecule has 0 bridgehead atoms. The molecule has 0 aromatic carbocycles. The second-order valence-corrected chi connectivity index (χ2v) is 8.48. The van der Waals surface area contributed by atoms with Gasteiger partial charge in [0.25, 0.3) is 0 Å². The lowest BCUT2D eigenvalue weighted by atomic mass is 9.87. The van der Waals surface area contributed by atoms with E-state index in [1.54, 1.807) is 0 Å². The Balaban J connectivity index is 0.00000261. The van der Waals surface area contributed by atoms with Crippen molar-refractivity contribution in [3.8, 4) is 0 Å². The molecule has 5 nitrogen and oxygen atoms in total. The van der Waals surface area contributed by atoms with Crippen molar-refractivity contribution in [3.63, 3.8) is 0 Å². The number of aliphatic imine (C=N–C) groups is 1. The highest BCUT2D eigenvalue weighted by molar-refractivity contribution is 14.0. The van der Waals surface area contributed by atoms with Crippen LogP contribution >= 0.6 is 35.3 Å². The number of nitrogens with one attached hydrogen (secondary N) is 2. The van der Waals surface area contributed by atoms with Crippen molar-refractivity contribution in [1.29, 1.82) is 0 Å². The van der Waals surface area contributed by atoms with Crippen LogP contribution in [0, 0.1) is 5.92 Å². The summed E-state index contributed by atoms with van der Waals surface area (Å²) in [6.07, 6.45) is 5.15. The maximum atomic E-state index is 5.54. The Morgan fingerprint density at radius 3 is 2.67 bits per heavy atom. The van der Waals surface area contributed by atoms with Gasteiger partial charge in [-0.3, -0.25) is 9.89 Å². The summed E-state index contributed by atoms with van der Waals surface area (Å²) in [6, 6.07) is 5.29. The predicted octanol–water partition coefficient (Wildman–Crippen LogP) is 3.87. The third-order valence-corrected chi connectivity index (χ3v) is 6.45. The Bertz CT molecular complexity index is 540. The third-order valence-electron chi connectivity index (χ3n) is 5.48. The Morgan fingerprint density at radius 2 is 2.04 bits per heavy atom. The molecule has 2 fully saturated rings. The van der Waals surface area contributed by atoms with Crippen molar-refractivity contribution in [2.75, 3.05) is 39.4 Å². The Morgan fingerprint density at radius 1 is 1.30 bits per heavy atom. The van der Waals surface area contributed by atoms with Gasteiger partial charge in [0.2, 0.25) is 0 Å². The first kappa shape index (κ1) is 22.9. The van der Waals surface area contributed by atoms with E-state index in [1.807, 2.05) is 11.3 Å². The molecule has 2 aliphatic rings. The molecule has 1 aromatic rings. The number of nitrogens with zero attached hydrogens (tertiary/aromatic N) is 2. The SMILES string of the molecule is CCNC(=NCC(c1cccs1)N1CCOCC1)NC1CCC(C)CC1.I. The maximum absolute atomic E-state index is 5.54. The number of hydrogen-bond donors (Lipinski definition) is 2. The van der Waals surface area contributed by atoms with Crippen LogP contribution in [0.4, 0.5) is 0 Å². The first-order valence-corrected chi connectivity index (χ1v) is 11.0. The fraction of sp³-hybridized carbons (Fsp3) is 0.750. The average molecular weight is 506 g/mol. The fourth-order valence-corrected chi connectivity index (χ4v) is 4.70. The van der Waals surface area contributed by atoms with E-state index in [0.29, 0.717) is 12.1 Å². The summed E-state index contributed by atoms with van der Waals surface area (Å²) in [7, 11) is 0. The van der Waals surface area contributed by atoms with Gasteiger partial charge >= 0.3 is 0 Å². The minimum Gasteiger partial charge on any atom is -0.379 e. The van der Waals surface area contributed by atoms with Gasteiger partial charge in [-0.05, 0) is 50.0 Å². The zero-order valence-corrected chi connectivity index (χ0v) is 19.8. The number of rotatable bonds is 6. The molecule has 0 radical (unpaired) electrons. The first-order chi connectivity index (χ1) is 12.8. The number of guanidine groups is 1. The molecule has 1 saturated heterocycles. The van der Waals surface area contributed by atoms with Gasteiger partial charge < -0.3 is 15.4 Å². The minimum atomic E-state index is 0. The lowest BCUT2D eigenvalue weighted by Gasteiger charge is -2.33. The second-order valence-electron chi connectivity index (χ2n) is 7.50. The zero-order valence-electron chi connectivity index (χ0n) is 16.7. The van der Waals surface area contributed by atoms with Crippen LogP contribution in [0.2, 0.25) is 0 Å². The lowest BCUT2D eigenvalue weighted by Crippen LogP contribution is -2.45. The zero-order chi connectivity index (χ0) is 18.2. The monoisotopic (exact) mass is 506 g/mol. The van der Waals surface area contributed by atoms with Crippen molar-refractivity contribution < 1.29 is 4.74 Å². The van der Waals surface area contributed by atoms with Crippen LogP contribution < -0.4 is 10.6 Å². The smallest absolute Gasteiger partial charge is 0.191 e. The Kier molecular flexibility index (Phi) is 10.4. The van der Waals surface area contributed by atoms with Crippen molar-refractivity contribution in [1.82, 2.24) is 15.5 Å². The number of morpholine rings is 1. The first-order valence-electron chi connectivity index (χ1n) is 10.2. The van der Waals surface area contributed by atoms with E-state index < -0.39 is 0 Å². The summed E-state index contributed by atoms with van der Waals surface area (Å²) in [6.45, 7) is 9.82. The topological polar surface area (TPSA) is 48.9 Å². The normalized spacial score (nSPS) is 25.5. The molecule has 154 valence electrons. The molecule has 0 spiro atoms. The van der Waals surface area contributed by atoms with Crippen LogP contribution in [-0.4, -0.2) is 56.3 Å². The van der Waals surface area contributed by atoms with E-state index in [0.717, 1.165) is 51.3 Å². The number of ether oxygens (including phenoxy) is 1. The molecule has 0 amide bonds. The molecule has 1 aliphatic heterocycles. The summed E-state index contributed by atoms with van der Waals surface area (Å²) in [4.78, 5) is 8.90. The molecular weight excluding hydrogens is 471 g/mol. The predicted molar refractivity (Wildman–Crippen MR) is 125 cm³/mol. The van der Waals surface area contributed by atoms with Crippen LogP contribution in [0.1, 0.15) is 50.4 Å². The molecule has 1 aromatic heterocycles. The second kappa shape index (κ2) is 12.2. The van der Waals surface area contributed by atoms with Crippen molar-refractivity contribution in [2.45, 2.75) is 51.6 Å². The summed E-state index contributed by atoms with van der Waals surface area (Å²) in [5.74, 6) is 1.85. The molecule has 27 heavy (non-hydrogen) atoms. The third kappa shape index (κ3) is 7.18. The summed E-state index contributed by atoms with van der Waals surface area (Å²) in [5, 5.41) is 9.29. The van der Waals surface area contributed by atoms with Crippen molar-refractivity contribution in [2.24, 2.45) is 10.9 Å². The molecule has 7 heteroatoms. The number of thiophene rings is 1. The van der Waals surface area contributed by atoms with Gasteiger partial charge in [-0.2, -0.15) is 0 Å². The highest BCUT2D eigenvalue weighted by atomic mass is 127. The Labute approximate surface area is 185 Å². The van der Waals surface area contributed by atoms with Crippen molar-refractivity contribution >= 4 is 41.3 Å². The van der Waals surface area contributed by atoms with Crippen LogP contribution in [0.15, 0.2) is 22.5 Å². The number of halogens is 1. The lowest BCUT2D eigenvalue weighted by molar-refractivity contribution is 0.0186. The quantitative estimate of drug-likeness (QED) is 0.350. The highest BCUT2D eigenvalue weighted by Gasteiger charge is 2.24. The van der Waals surface area contributed by atoms with Crippen molar-refractivity contribution in [3.05, 3.63) is 22.4 Å².